The molecule has 0 bridgehead atoms. The quantitative estimate of drug-likeness (QED) is 0.695. The molecule has 0 saturated heterocycles. The first kappa shape index (κ1) is 13.4. The van der Waals surface area contributed by atoms with Crippen LogP contribution in [0.5, 0.6) is 5.75 Å². The van der Waals surface area contributed by atoms with Crippen LogP contribution >= 0.6 is 11.6 Å². The molecule has 0 saturated carbocycles. The summed E-state index contributed by atoms with van der Waals surface area (Å²) in [5.74, 6) is 2.56. The number of ether oxygens (including phenoxy) is 1. The van der Waals surface area contributed by atoms with Crippen LogP contribution in [0.25, 0.3) is 0 Å². The highest BCUT2D eigenvalue weighted by Crippen LogP contribution is 2.24. The van der Waals surface area contributed by atoms with Crippen molar-refractivity contribution < 1.29 is 4.74 Å². The van der Waals surface area contributed by atoms with Crippen LogP contribution in [0.4, 0.5) is 0 Å². The normalized spacial score (nSPS) is 12.9. The minimum absolute atomic E-state index is 0.392. The molecule has 0 aliphatic carbocycles. The van der Waals surface area contributed by atoms with Gasteiger partial charge in [0.1, 0.15) is 5.75 Å². The van der Waals surface area contributed by atoms with Crippen molar-refractivity contribution in [3.05, 3.63) is 29.3 Å². The molecule has 1 nitrogen and oxygen atoms in total. The maximum Gasteiger partial charge on any atom is 0.122 e. The summed E-state index contributed by atoms with van der Waals surface area (Å²) in [4.78, 5) is 0. The van der Waals surface area contributed by atoms with Gasteiger partial charge in [-0.15, -0.1) is 11.6 Å². The molecule has 0 aliphatic rings. The lowest BCUT2D eigenvalue weighted by atomic mass is 10.0. The van der Waals surface area contributed by atoms with Gasteiger partial charge in [0.2, 0.25) is 0 Å². The maximum atomic E-state index is 5.80. The molecule has 1 rings (SSSR count). The Morgan fingerprint density at radius 1 is 1.25 bits per heavy atom. The predicted octanol–water partition coefficient (Wildman–Crippen LogP) is 4.37. The zero-order valence-corrected chi connectivity index (χ0v) is 11.3. The summed E-state index contributed by atoms with van der Waals surface area (Å²) in [7, 11) is 0. The van der Waals surface area contributed by atoms with Gasteiger partial charge in [-0.25, -0.2) is 0 Å². The van der Waals surface area contributed by atoms with E-state index in [1.54, 1.807) is 0 Å². The molecule has 1 aromatic rings. The first-order valence-corrected chi connectivity index (χ1v) is 6.37. The number of rotatable bonds is 5. The molecule has 0 N–H and O–H groups in total. The smallest absolute Gasteiger partial charge is 0.122 e. The lowest BCUT2D eigenvalue weighted by Crippen LogP contribution is -2.10. The second-order valence-electron chi connectivity index (χ2n) is 4.75. The molecule has 0 amide bonds. The monoisotopic (exact) mass is 240 g/mol. The van der Waals surface area contributed by atoms with Gasteiger partial charge >= 0.3 is 0 Å². The molecular formula is C14H21ClO. The van der Waals surface area contributed by atoms with Gasteiger partial charge in [0.15, 0.2) is 0 Å². The van der Waals surface area contributed by atoms with E-state index in [1.165, 1.54) is 11.1 Å². The maximum absolute atomic E-state index is 5.80. The molecular weight excluding hydrogens is 220 g/mol. The average Bonchev–Trinajstić information content (AvgIpc) is 2.27. The molecule has 0 heterocycles. The second kappa shape index (κ2) is 6.15. The lowest BCUT2D eigenvalue weighted by molar-refractivity contribution is 0.271. The summed E-state index contributed by atoms with van der Waals surface area (Å²) in [5.41, 5.74) is 2.50. The molecule has 0 aromatic heterocycles. The number of halogens is 1. The fourth-order valence-corrected chi connectivity index (χ4v) is 1.50. The van der Waals surface area contributed by atoms with Crippen LogP contribution in [-0.4, -0.2) is 12.5 Å². The van der Waals surface area contributed by atoms with Crippen LogP contribution in [0, 0.1) is 12.8 Å². The third-order valence-electron chi connectivity index (χ3n) is 2.67. The van der Waals surface area contributed by atoms with Gasteiger partial charge in [0.05, 0.1) is 6.61 Å². The molecule has 0 fully saturated rings. The van der Waals surface area contributed by atoms with Gasteiger partial charge in [-0.1, -0.05) is 32.9 Å². The Morgan fingerprint density at radius 3 is 2.50 bits per heavy atom. The van der Waals surface area contributed by atoms with Crippen LogP contribution in [0.1, 0.15) is 37.8 Å². The van der Waals surface area contributed by atoms with Gasteiger partial charge in [-0.3, -0.25) is 0 Å². The van der Waals surface area contributed by atoms with Crippen molar-refractivity contribution in [2.45, 2.75) is 33.6 Å². The molecule has 90 valence electrons. The Bertz CT molecular complexity index is 334. The van der Waals surface area contributed by atoms with Gasteiger partial charge < -0.3 is 4.74 Å². The van der Waals surface area contributed by atoms with E-state index in [0.717, 1.165) is 5.75 Å². The molecule has 1 atom stereocenters. The van der Waals surface area contributed by atoms with E-state index in [1.807, 2.05) is 0 Å². The summed E-state index contributed by atoms with van der Waals surface area (Å²) in [5, 5.41) is 0. The van der Waals surface area contributed by atoms with Crippen molar-refractivity contribution >= 4 is 11.6 Å². The molecule has 0 radical (unpaired) electrons. The minimum Gasteiger partial charge on any atom is -0.493 e. The SMILES string of the molecule is Cc1ccc(C(C)C)cc1OCC(C)CCl. The van der Waals surface area contributed by atoms with Crippen LogP contribution in [0.3, 0.4) is 0 Å². The van der Waals surface area contributed by atoms with Gasteiger partial charge in [0, 0.05) is 11.8 Å². The highest BCUT2D eigenvalue weighted by atomic mass is 35.5. The zero-order chi connectivity index (χ0) is 12.1. The van der Waals surface area contributed by atoms with E-state index < -0.39 is 0 Å². The fraction of sp³-hybridized carbons (Fsp3) is 0.571. The van der Waals surface area contributed by atoms with Crippen molar-refractivity contribution in [3.8, 4) is 5.75 Å². The summed E-state index contributed by atoms with van der Waals surface area (Å²) >= 11 is 5.76. The highest BCUT2D eigenvalue weighted by Gasteiger charge is 2.06. The number of aryl methyl sites for hydroxylation is 1. The van der Waals surface area contributed by atoms with Crippen LogP contribution < -0.4 is 4.74 Å². The first-order valence-electron chi connectivity index (χ1n) is 5.84. The predicted molar refractivity (Wildman–Crippen MR) is 70.6 cm³/mol. The van der Waals surface area contributed by atoms with E-state index in [-0.39, 0.29) is 0 Å². The molecule has 16 heavy (non-hydrogen) atoms. The molecule has 0 spiro atoms. The van der Waals surface area contributed by atoms with Gasteiger partial charge in [0.25, 0.3) is 0 Å². The fourth-order valence-electron chi connectivity index (χ4n) is 1.41. The number of hydrogen-bond acceptors (Lipinski definition) is 1. The standard InChI is InChI=1S/C14H21ClO/c1-10(2)13-6-5-12(4)14(7-13)16-9-11(3)8-15/h5-7,10-11H,8-9H2,1-4H3. The largest absolute Gasteiger partial charge is 0.493 e. The topological polar surface area (TPSA) is 9.23 Å². The van der Waals surface area contributed by atoms with E-state index in [4.69, 9.17) is 16.3 Å². The molecule has 1 aromatic carbocycles. The Hall–Kier alpha value is -0.690. The number of alkyl halides is 1. The van der Waals surface area contributed by atoms with E-state index >= 15 is 0 Å². The van der Waals surface area contributed by atoms with Gasteiger partial charge in [-0.2, -0.15) is 0 Å². The average molecular weight is 241 g/mol. The summed E-state index contributed by atoms with van der Waals surface area (Å²) in [6, 6.07) is 6.43. The second-order valence-corrected chi connectivity index (χ2v) is 5.06. The first-order chi connectivity index (χ1) is 7.54. The Morgan fingerprint density at radius 2 is 1.94 bits per heavy atom. The number of benzene rings is 1. The van der Waals surface area contributed by atoms with E-state index in [9.17, 15) is 0 Å². The zero-order valence-electron chi connectivity index (χ0n) is 10.6. The van der Waals surface area contributed by atoms with Crippen LogP contribution in [-0.2, 0) is 0 Å². The van der Waals surface area contributed by atoms with Crippen molar-refractivity contribution in [2.24, 2.45) is 5.92 Å². The van der Waals surface area contributed by atoms with Crippen LogP contribution in [0.15, 0.2) is 18.2 Å². The van der Waals surface area contributed by atoms with Crippen molar-refractivity contribution in [2.75, 3.05) is 12.5 Å². The third-order valence-corrected chi connectivity index (χ3v) is 3.19. The minimum atomic E-state index is 0.392. The number of hydrogen-bond donors (Lipinski definition) is 0. The lowest BCUT2D eigenvalue weighted by Gasteiger charge is -2.14. The molecule has 0 aliphatic heterocycles. The Kier molecular flexibility index (Phi) is 5.14. The molecule has 2 heteroatoms. The molecule has 1 unspecified atom stereocenters. The highest BCUT2D eigenvalue weighted by molar-refractivity contribution is 6.18. The van der Waals surface area contributed by atoms with Crippen molar-refractivity contribution in [1.29, 1.82) is 0 Å². The van der Waals surface area contributed by atoms with Crippen LogP contribution in [0.2, 0.25) is 0 Å². The van der Waals surface area contributed by atoms with Crippen molar-refractivity contribution in [3.63, 3.8) is 0 Å². The summed E-state index contributed by atoms with van der Waals surface area (Å²) < 4.78 is 5.80. The van der Waals surface area contributed by atoms with E-state index in [2.05, 4.69) is 45.9 Å². The Balaban J connectivity index is 2.74. The van der Waals surface area contributed by atoms with Crippen molar-refractivity contribution in [1.82, 2.24) is 0 Å². The third kappa shape index (κ3) is 3.71. The summed E-state index contributed by atoms with van der Waals surface area (Å²) in [6.07, 6.45) is 0. The summed E-state index contributed by atoms with van der Waals surface area (Å²) in [6.45, 7) is 9.23. The Labute approximate surface area is 104 Å². The van der Waals surface area contributed by atoms with Gasteiger partial charge in [-0.05, 0) is 30.0 Å². The van der Waals surface area contributed by atoms with E-state index in [0.29, 0.717) is 24.3 Å².